The number of hydrogen-bond donors (Lipinski definition) is 2. The minimum atomic E-state index is -1.07. The average Bonchev–Trinajstić information content (AvgIpc) is 2.44. The van der Waals surface area contributed by atoms with E-state index in [1.54, 1.807) is 0 Å². The maximum absolute atomic E-state index is 11.8. The van der Waals surface area contributed by atoms with Crippen LogP contribution in [0.15, 0.2) is 0 Å². The molecule has 1 unspecified atom stereocenters. The predicted molar refractivity (Wildman–Crippen MR) is 80.9 cm³/mol. The summed E-state index contributed by atoms with van der Waals surface area (Å²) in [5.41, 5.74) is 0. The van der Waals surface area contributed by atoms with E-state index in [1.807, 2.05) is 0 Å². The monoisotopic (exact) mass is 295 g/mol. The number of aliphatic carboxylic acids is 1. The lowest BCUT2D eigenvalue weighted by atomic mass is 10.0. The highest BCUT2D eigenvalue weighted by Crippen LogP contribution is 2.15. The molecule has 1 rings (SSSR count). The molecule has 6 heteroatoms. The zero-order valence-corrected chi connectivity index (χ0v) is 12.7. The molecule has 0 aromatic rings. The summed E-state index contributed by atoms with van der Waals surface area (Å²) in [7, 11) is 0. The topological polar surface area (TPSA) is 72.9 Å². The lowest BCUT2D eigenvalue weighted by molar-refractivity contribution is -0.137. The molecule has 1 saturated heterocycles. The van der Waals surface area contributed by atoms with E-state index in [0.29, 0.717) is 12.6 Å². The predicted octanol–water partition coefficient (Wildman–Crippen LogP) is 0.980. The highest BCUT2D eigenvalue weighted by Gasteiger charge is 2.18. The number of hydrogen-bond acceptors (Lipinski definition) is 3. The maximum atomic E-state index is 11.8. The van der Waals surface area contributed by atoms with Gasteiger partial charge in [-0.2, -0.15) is 0 Å². The number of carboxylic acids is 1. The summed E-state index contributed by atoms with van der Waals surface area (Å²) in [6.07, 6.45) is 9.77. The third kappa shape index (κ3) is 6.50. The largest absolute Gasteiger partial charge is 0.480 e. The number of nitrogens with zero attached hydrogens (tertiary/aromatic N) is 2. The van der Waals surface area contributed by atoms with Gasteiger partial charge in [0.1, 0.15) is 6.54 Å². The van der Waals surface area contributed by atoms with Gasteiger partial charge in [-0.15, -0.1) is 6.42 Å². The molecule has 1 heterocycles. The first kappa shape index (κ1) is 17.3. The van der Waals surface area contributed by atoms with Crippen molar-refractivity contribution in [2.24, 2.45) is 0 Å². The third-order valence-electron chi connectivity index (χ3n) is 3.73. The highest BCUT2D eigenvalue weighted by atomic mass is 16.4. The van der Waals surface area contributed by atoms with Gasteiger partial charge in [0.2, 0.25) is 0 Å². The molecule has 0 bridgehead atoms. The van der Waals surface area contributed by atoms with E-state index in [4.69, 9.17) is 11.5 Å². The lowest BCUT2D eigenvalue weighted by Gasteiger charge is -2.33. The van der Waals surface area contributed by atoms with Crippen LogP contribution in [-0.4, -0.2) is 65.7 Å². The first-order valence-corrected chi connectivity index (χ1v) is 7.46. The smallest absolute Gasteiger partial charge is 0.323 e. The van der Waals surface area contributed by atoms with Crippen LogP contribution in [0.2, 0.25) is 0 Å². The van der Waals surface area contributed by atoms with Gasteiger partial charge in [0, 0.05) is 19.1 Å². The quantitative estimate of drug-likeness (QED) is 0.542. The van der Waals surface area contributed by atoms with Gasteiger partial charge >= 0.3 is 12.0 Å². The van der Waals surface area contributed by atoms with Crippen LogP contribution in [0.5, 0.6) is 0 Å². The first-order valence-electron chi connectivity index (χ1n) is 7.46. The fourth-order valence-corrected chi connectivity index (χ4v) is 2.55. The lowest BCUT2D eigenvalue weighted by Crippen LogP contribution is -2.44. The Morgan fingerprint density at radius 2 is 2.24 bits per heavy atom. The SMILES string of the molecule is C#CCN(CC(=O)O)C(=O)NCCCN1CCCCC1C. The number of terminal acetylenes is 1. The van der Waals surface area contributed by atoms with Gasteiger partial charge in [0.05, 0.1) is 6.54 Å². The van der Waals surface area contributed by atoms with Crippen molar-refractivity contribution in [3.05, 3.63) is 0 Å². The molecule has 0 aliphatic carbocycles. The minimum absolute atomic E-state index is 0.00128. The van der Waals surface area contributed by atoms with E-state index < -0.39 is 12.0 Å². The molecule has 0 radical (unpaired) electrons. The van der Waals surface area contributed by atoms with E-state index in [-0.39, 0.29) is 13.1 Å². The molecule has 0 aromatic heterocycles. The number of likely N-dealkylation sites (tertiary alicyclic amines) is 1. The molecule has 2 N–H and O–H groups in total. The van der Waals surface area contributed by atoms with E-state index in [1.165, 1.54) is 19.3 Å². The molecule has 118 valence electrons. The Bertz CT molecular complexity index is 392. The van der Waals surface area contributed by atoms with Crippen molar-refractivity contribution in [2.45, 2.75) is 38.6 Å². The Morgan fingerprint density at radius 3 is 2.86 bits per heavy atom. The number of carbonyl (C=O) groups excluding carboxylic acids is 1. The van der Waals surface area contributed by atoms with Crippen molar-refractivity contribution in [1.82, 2.24) is 15.1 Å². The van der Waals surface area contributed by atoms with E-state index >= 15 is 0 Å². The van der Waals surface area contributed by atoms with Crippen LogP contribution >= 0.6 is 0 Å². The second-order valence-corrected chi connectivity index (χ2v) is 5.42. The van der Waals surface area contributed by atoms with Crippen molar-refractivity contribution in [3.63, 3.8) is 0 Å². The first-order chi connectivity index (χ1) is 10.0. The zero-order chi connectivity index (χ0) is 15.7. The van der Waals surface area contributed by atoms with Crippen molar-refractivity contribution in [1.29, 1.82) is 0 Å². The molecule has 0 spiro atoms. The number of carboxylic acid groups (broad SMARTS) is 1. The van der Waals surface area contributed by atoms with Gasteiger partial charge in [-0.25, -0.2) is 4.79 Å². The van der Waals surface area contributed by atoms with E-state index in [0.717, 1.165) is 24.4 Å². The summed E-state index contributed by atoms with van der Waals surface area (Å²) in [5, 5.41) is 11.5. The molecule has 2 amide bonds. The molecule has 1 aliphatic heterocycles. The van der Waals surface area contributed by atoms with Gasteiger partial charge in [0.15, 0.2) is 0 Å². The second-order valence-electron chi connectivity index (χ2n) is 5.42. The third-order valence-corrected chi connectivity index (χ3v) is 3.73. The van der Waals surface area contributed by atoms with Crippen LogP contribution in [0.25, 0.3) is 0 Å². The Balaban J connectivity index is 2.25. The number of nitrogens with one attached hydrogen (secondary N) is 1. The molecule has 1 aliphatic rings. The fraction of sp³-hybridized carbons (Fsp3) is 0.733. The molecule has 1 atom stereocenters. The van der Waals surface area contributed by atoms with Gasteiger partial charge in [0.25, 0.3) is 0 Å². The second kappa shape index (κ2) is 9.24. The van der Waals surface area contributed by atoms with E-state index in [9.17, 15) is 9.59 Å². The fourth-order valence-electron chi connectivity index (χ4n) is 2.55. The van der Waals surface area contributed by atoms with Crippen molar-refractivity contribution >= 4 is 12.0 Å². The summed E-state index contributed by atoms with van der Waals surface area (Å²) in [5.74, 6) is 1.23. The van der Waals surface area contributed by atoms with Crippen LogP contribution in [0, 0.1) is 12.3 Å². The summed E-state index contributed by atoms with van der Waals surface area (Å²) in [6, 6.07) is 0.196. The maximum Gasteiger partial charge on any atom is 0.323 e. The van der Waals surface area contributed by atoms with Gasteiger partial charge < -0.3 is 20.2 Å². The zero-order valence-electron chi connectivity index (χ0n) is 12.7. The molecule has 0 saturated carbocycles. The summed E-state index contributed by atoms with van der Waals surface area (Å²) in [6.45, 7) is 4.47. The van der Waals surface area contributed by atoms with Gasteiger partial charge in [-0.1, -0.05) is 12.3 Å². The Hall–Kier alpha value is -1.74. The number of piperidine rings is 1. The Kier molecular flexibility index (Phi) is 7.62. The standard InChI is InChI=1S/C15H25N3O3/c1-3-9-18(12-14(19)20)15(21)16-8-6-11-17-10-5-4-7-13(17)2/h1,13H,4-12H2,2H3,(H,16,21)(H,19,20). The van der Waals surface area contributed by atoms with Crippen LogP contribution < -0.4 is 5.32 Å². The average molecular weight is 295 g/mol. The molecular weight excluding hydrogens is 270 g/mol. The highest BCUT2D eigenvalue weighted by molar-refractivity contribution is 5.80. The summed E-state index contributed by atoms with van der Waals surface area (Å²) < 4.78 is 0. The number of carbonyl (C=O) groups is 2. The number of amides is 2. The van der Waals surface area contributed by atoms with Crippen molar-refractivity contribution in [2.75, 3.05) is 32.7 Å². The van der Waals surface area contributed by atoms with Gasteiger partial charge in [-0.3, -0.25) is 4.79 Å². The van der Waals surface area contributed by atoms with Crippen LogP contribution in [0.4, 0.5) is 4.79 Å². The number of urea groups is 1. The minimum Gasteiger partial charge on any atom is -0.480 e. The van der Waals surface area contributed by atoms with E-state index in [2.05, 4.69) is 23.1 Å². The summed E-state index contributed by atoms with van der Waals surface area (Å²) in [4.78, 5) is 26.0. The molecule has 21 heavy (non-hydrogen) atoms. The van der Waals surface area contributed by atoms with Gasteiger partial charge in [-0.05, 0) is 32.7 Å². The molecule has 0 aromatic carbocycles. The Morgan fingerprint density at radius 1 is 1.48 bits per heavy atom. The molecular formula is C15H25N3O3. The Labute approximate surface area is 126 Å². The van der Waals surface area contributed by atoms with Crippen molar-refractivity contribution < 1.29 is 14.7 Å². The van der Waals surface area contributed by atoms with Crippen molar-refractivity contribution in [3.8, 4) is 12.3 Å². The van der Waals surface area contributed by atoms with Crippen LogP contribution in [0.3, 0.4) is 0 Å². The molecule has 1 fully saturated rings. The van der Waals surface area contributed by atoms with Crippen LogP contribution in [0.1, 0.15) is 32.6 Å². The normalized spacial score (nSPS) is 18.8. The van der Waals surface area contributed by atoms with Crippen LogP contribution in [-0.2, 0) is 4.79 Å². The molecule has 6 nitrogen and oxygen atoms in total. The number of rotatable bonds is 7. The summed E-state index contributed by atoms with van der Waals surface area (Å²) >= 11 is 0.